The number of benzene rings is 3. The van der Waals surface area contributed by atoms with Crippen LogP contribution in [0.2, 0.25) is 0 Å². The molecule has 0 saturated heterocycles. The monoisotopic (exact) mass is 399 g/mol. The molecule has 7 nitrogen and oxygen atoms in total. The number of nitrogens with zero attached hydrogens (tertiary/aromatic N) is 2. The number of esters is 1. The van der Waals surface area contributed by atoms with Crippen molar-refractivity contribution in [3.05, 3.63) is 106 Å². The summed E-state index contributed by atoms with van der Waals surface area (Å²) in [5, 5.41) is 5.08. The Balaban J connectivity index is 1.73. The summed E-state index contributed by atoms with van der Waals surface area (Å²) in [5.41, 5.74) is 6.14. The lowest BCUT2D eigenvalue weighted by atomic mass is 10.1. The third-order valence-corrected chi connectivity index (χ3v) is 4.59. The van der Waals surface area contributed by atoms with Crippen LogP contribution in [0, 0.1) is 0 Å². The Morgan fingerprint density at radius 2 is 1.50 bits per heavy atom. The van der Waals surface area contributed by atoms with E-state index < -0.39 is 11.9 Å². The number of aromatic nitrogens is 2. The quantitative estimate of drug-likeness (QED) is 0.410. The molecular formula is C23H17N3O4. The van der Waals surface area contributed by atoms with Gasteiger partial charge in [0.2, 0.25) is 5.91 Å². The molecule has 4 aromatic rings. The van der Waals surface area contributed by atoms with Gasteiger partial charge in [-0.2, -0.15) is 5.10 Å². The number of fused-ring (bicyclic) bond motifs is 1. The number of carbonyl (C=O) groups is 2. The number of amides is 1. The van der Waals surface area contributed by atoms with Crippen LogP contribution in [0.15, 0.2) is 83.7 Å². The first-order valence-corrected chi connectivity index (χ1v) is 9.19. The predicted molar refractivity (Wildman–Crippen MR) is 111 cm³/mol. The third kappa shape index (κ3) is 3.81. The van der Waals surface area contributed by atoms with Crippen LogP contribution in [0.1, 0.15) is 26.4 Å². The number of nitrogens with two attached hydrogens (primary N) is 1. The number of rotatable bonds is 5. The number of ether oxygens (including phenoxy) is 1. The van der Waals surface area contributed by atoms with Crippen LogP contribution in [-0.4, -0.2) is 21.7 Å². The van der Waals surface area contributed by atoms with Crippen LogP contribution in [0.25, 0.3) is 10.8 Å². The first-order valence-electron chi connectivity index (χ1n) is 9.19. The summed E-state index contributed by atoms with van der Waals surface area (Å²) in [5.74, 6) is -1.05. The number of carbonyl (C=O) groups excluding carboxylic acids is 2. The molecular weight excluding hydrogens is 382 g/mol. The molecule has 1 aromatic heterocycles. The lowest BCUT2D eigenvalue weighted by molar-refractivity contribution is 0.0728. The molecule has 0 unspecified atom stereocenters. The van der Waals surface area contributed by atoms with Gasteiger partial charge in [-0.1, -0.05) is 48.5 Å². The maximum atomic E-state index is 12.9. The normalized spacial score (nSPS) is 10.7. The third-order valence-electron chi connectivity index (χ3n) is 4.59. The molecule has 1 amide bonds. The number of primary amides is 1. The Kier molecular flexibility index (Phi) is 5.09. The fourth-order valence-corrected chi connectivity index (χ4v) is 3.09. The Labute approximate surface area is 171 Å². The molecule has 0 aliphatic heterocycles. The van der Waals surface area contributed by atoms with Crippen molar-refractivity contribution in [1.82, 2.24) is 9.78 Å². The minimum Gasteiger partial charge on any atom is -0.422 e. The van der Waals surface area contributed by atoms with E-state index in [9.17, 15) is 14.4 Å². The van der Waals surface area contributed by atoms with E-state index in [1.54, 1.807) is 24.3 Å². The van der Waals surface area contributed by atoms with Crippen LogP contribution < -0.4 is 16.0 Å². The van der Waals surface area contributed by atoms with E-state index in [1.807, 2.05) is 30.3 Å². The fourth-order valence-electron chi connectivity index (χ4n) is 3.09. The molecule has 0 aliphatic rings. The van der Waals surface area contributed by atoms with E-state index in [1.165, 1.54) is 28.9 Å². The zero-order valence-corrected chi connectivity index (χ0v) is 15.8. The van der Waals surface area contributed by atoms with E-state index in [0.717, 1.165) is 5.56 Å². The van der Waals surface area contributed by atoms with Crippen molar-refractivity contribution in [1.29, 1.82) is 0 Å². The lowest BCUT2D eigenvalue weighted by Crippen LogP contribution is -2.27. The van der Waals surface area contributed by atoms with E-state index in [4.69, 9.17) is 10.5 Å². The Hall–Kier alpha value is -4.26. The minimum absolute atomic E-state index is 0.0279. The van der Waals surface area contributed by atoms with Gasteiger partial charge in [-0.15, -0.1) is 0 Å². The maximum Gasteiger partial charge on any atom is 0.364 e. The highest BCUT2D eigenvalue weighted by Gasteiger charge is 2.19. The van der Waals surface area contributed by atoms with Crippen LogP contribution in [-0.2, 0) is 6.54 Å². The van der Waals surface area contributed by atoms with E-state index in [-0.39, 0.29) is 23.5 Å². The van der Waals surface area contributed by atoms with Gasteiger partial charge < -0.3 is 10.5 Å². The van der Waals surface area contributed by atoms with E-state index >= 15 is 0 Å². The Bertz CT molecular complexity index is 1300. The van der Waals surface area contributed by atoms with Crippen LogP contribution in [0.5, 0.6) is 5.75 Å². The van der Waals surface area contributed by atoms with Crippen molar-refractivity contribution in [2.24, 2.45) is 5.73 Å². The summed E-state index contributed by atoms with van der Waals surface area (Å²) in [6.07, 6.45) is 0. The van der Waals surface area contributed by atoms with Crippen molar-refractivity contribution >= 4 is 22.6 Å². The second kappa shape index (κ2) is 8.00. The van der Waals surface area contributed by atoms with Gasteiger partial charge in [0.1, 0.15) is 5.75 Å². The maximum absolute atomic E-state index is 12.9. The molecule has 30 heavy (non-hydrogen) atoms. The van der Waals surface area contributed by atoms with Crippen molar-refractivity contribution in [3.63, 3.8) is 0 Å². The molecule has 7 heteroatoms. The second-order valence-corrected chi connectivity index (χ2v) is 6.62. The summed E-state index contributed by atoms with van der Waals surface area (Å²) < 4.78 is 6.67. The number of hydrogen-bond acceptors (Lipinski definition) is 5. The van der Waals surface area contributed by atoms with Gasteiger partial charge in [-0.25, -0.2) is 9.48 Å². The fraction of sp³-hybridized carbons (Fsp3) is 0.0435. The van der Waals surface area contributed by atoms with Crippen molar-refractivity contribution in [2.75, 3.05) is 0 Å². The van der Waals surface area contributed by atoms with Gasteiger partial charge in [-0.3, -0.25) is 9.59 Å². The Morgan fingerprint density at radius 3 is 2.17 bits per heavy atom. The van der Waals surface area contributed by atoms with E-state index in [2.05, 4.69) is 5.10 Å². The highest BCUT2D eigenvalue weighted by molar-refractivity contribution is 6.03. The van der Waals surface area contributed by atoms with Gasteiger partial charge in [0.25, 0.3) is 5.56 Å². The largest absolute Gasteiger partial charge is 0.422 e. The van der Waals surface area contributed by atoms with Gasteiger partial charge >= 0.3 is 5.97 Å². The molecule has 0 bridgehead atoms. The average Bonchev–Trinajstić information content (AvgIpc) is 2.77. The average molecular weight is 399 g/mol. The molecule has 0 spiro atoms. The molecule has 0 fully saturated rings. The first kappa shape index (κ1) is 19.1. The number of hydrogen-bond donors (Lipinski definition) is 1. The molecule has 2 N–H and O–H groups in total. The van der Waals surface area contributed by atoms with Crippen LogP contribution >= 0.6 is 0 Å². The first-order chi connectivity index (χ1) is 14.5. The molecule has 1 heterocycles. The predicted octanol–water partition coefficient (Wildman–Crippen LogP) is 2.76. The lowest BCUT2D eigenvalue weighted by Gasteiger charge is -2.11. The SMILES string of the molecule is NC(=O)c1ccc(OC(=O)c2nn(Cc3ccccc3)c(=O)c3ccccc23)cc1. The van der Waals surface area contributed by atoms with Crippen LogP contribution in [0.4, 0.5) is 0 Å². The van der Waals surface area contributed by atoms with Crippen molar-refractivity contribution in [3.8, 4) is 5.75 Å². The standard InChI is InChI=1S/C23H17N3O4/c24-21(27)16-10-12-17(13-11-16)30-23(29)20-18-8-4-5-9-19(18)22(28)26(25-20)14-15-6-2-1-3-7-15/h1-13H,14H2,(H2,24,27). The topological polar surface area (TPSA) is 104 Å². The zero-order valence-electron chi connectivity index (χ0n) is 15.8. The minimum atomic E-state index is -0.708. The second-order valence-electron chi connectivity index (χ2n) is 6.62. The van der Waals surface area contributed by atoms with Crippen molar-refractivity contribution < 1.29 is 14.3 Å². The van der Waals surface area contributed by atoms with Gasteiger partial charge in [-0.05, 0) is 35.9 Å². The molecule has 0 atom stereocenters. The Morgan fingerprint density at radius 1 is 0.867 bits per heavy atom. The van der Waals surface area contributed by atoms with Gasteiger partial charge in [0, 0.05) is 10.9 Å². The van der Waals surface area contributed by atoms with Gasteiger partial charge in [0.05, 0.1) is 11.9 Å². The molecule has 0 saturated carbocycles. The molecule has 0 radical (unpaired) electrons. The summed E-state index contributed by atoms with van der Waals surface area (Å²) >= 11 is 0. The zero-order chi connectivity index (χ0) is 21.1. The van der Waals surface area contributed by atoms with Gasteiger partial charge in [0.15, 0.2) is 5.69 Å². The molecule has 4 rings (SSSR count). The summed E-state index contributed by atoms with van der Waals surface area (Å²) in [6, 6.07) is 22.0. The summed E-state index contributed by atoms with van der Waals surface area (Å²) in [7, 11) is 0. The highest BCUT2D eigenvalue weighted by atomic mass is 16.5. The van der Waals surface area contributed by atoms with Crippen molar-refractivity contribution in [2.45, 2.75) is 6.54 Å². The van der Waals surface area contributed by atoms with Crippen LogP contribution in [0.3, 0.4) is 0 Å². The molecule has 0 aliphatic carbocycles. The highest BCUT2D eigenvalue weighted by Crippen LogP contribution is 2.18. The smallest absolute Gasteiger partial charge is 0.364 e. The molecule has 148 valence electrons. The molecule has 3 aromatic carbocycles. The summed E-state index contributed by atoms with van der Waals surface area (Å²) in [6.45, 7) is 0.220. The van der Waals surface area contributed by atoms with E-state index in [0.29, 0.717) is 16.3 Å². The summed E-state index contributed by atoms with van der Waals surface area (Å²) in [4.78, 5) is 36.9.